The Labute approximate surface area is 292 Å². The topological polar surface area (TPSA) is 81.9 Å². The molecule has 1 aliphatic heterocycles. The highest BCUT2D eigenvalue weighted by molar-refractivity contribution is 14.1. The van der Waals surface area contributed by atoms with Gasteiger partial charge in [-0.2, -0.15) is 0 Å². The van der Waals surface area contributed by atoms with E-state index in [1.54, 1.807) is 36.8 Å². The number of ether oxygens (including phenoxy) is 2. The van der Waals surface area contributed by atoms with Crippen molar-refractivity contribution in [2.24, 2.45) is 4.99 Å². The van der Waals surface area contributed by atoms with Gasteiger partial charge in [0.05, 0.1) is 32.5 Å². The molecule has 1 unspecified atom stereocenters. The van der Waals surface area contributed by atoms with Crippen LogP contribution in [0, 0.1) is 3.57 Å². The number of nitrogens with one attached hydrogen (secondary N) is 1. The summed E-state index contributed by atoms with van der Waals surface area (Å²) in [6, 6.07) is 26.9. The van der Waals surface area contributed by atoms with Gasteiger partial charge in [-0.15, -0.1) is 0 Å². The molecule has 232 valence electrons. The van der Waals surface area contributed by atoms with Crippen LogP contribution in [0.4, 0.5) is 5.69 Å². The monoisotopic (exact) mass is 781 g/mol. The third kappa shape index (κ3) is 6.64. The maximum atomic E-state index is 14.1. The van der Waals surface area contributed by atoms with Crippen LogP contribution in [0.3, 0.4) is 0 Å². The second-order valence-electron chi connectivity index (χ2n) is 10.4. The van der Waals surface area contributed by atoms with Crippen molar-refractivity contribution in [2.75, 3.05) is 12.4 Å². The van der Waals surface area contributed by atoms with E-state index in [9.17, 15) is 9.59 Å². The van der Waals surface area contributed by atoms with E-state index in [0.29, 0.717) is 47.8 Å². The minimum absolute atomic E-state index is 0.269. The fourth-order valence-corrected chi connectivity index (χ4v) is 7.32. The van der Waals surface area contributed by atoms with Crippen molar-refractivity contribution in [3.63, 3.8) is 0 Å². The molecule has 5 aromatic rings. The predicted molar refractivity (Wildman–Crippen MR) is 192 cm³/mol. The third-order valence-electron chi connectivity index (χ3n) is 7.36. The molecular weight excluding hydrogens is 756 g/mol. The highest BCUT2D eigenvalue weighted by atomic mass is 127. The molecule has 11 heteroatoms. The van der Waals surface area contributed by atoms with E-state index in [2.05, 4.69) is 27.9 Å². The number of halogens is 3. The normalized spacial score (nSPS) is 14.5. The summed E-state index contributed by atoms with van der Waals surface area (Å²) in [4.78, 5) is 33.1. The number of benzene rings is 4. The van der Waals surface area contributed by atoms with E-state index in [4.69, 9.17) is 37.7 Å². The highest BCUT2D eigenvalue weighted by Crippen LogP contribution is 2.36. The lowest BCUT2D eigenvalue weighted by atomic mass is 9.95. The molecule has 0 aliphatic carbocycles. The summed E-state index contributed by atoms with van der Waals surface area (Å²) in [5.41, 5.74) is 3.61. The molecule has 0 saturated carbocycles. The molecule has 0 fully saturated rings. The van der Waals surface area contributed by atoms with Crippen molar-refractivity contribution in [3.8, 4) is 11.5 Å². The summed E-state index contributed by atoms with van der Waals surface area (Å²) in [7, 11) is 1.57. The number of anilines is 1. The van der Waals surface area contributed by atoms with E-state index in [1.165, 1.54) is 11.3 Å². The lowest BCUT2D eigenvalue weighted by Crippen LogP contribution is -2.40. The molecular formula is C35H26Cl2IN3O4S. The Balaban J connectivity index is 1.40. The molecule has 1 amide bonds. The van der Waals surface area contributed by atoms with Crippen LogP contribution in [0.15, 0.2) is 112 Å². The molecule has 0 saturated heterocycles. The van der Waals surface area contributed by atoms with Gasteiger partial charge in [0.15, 0.2) is 16.3 Å². The standard InChI is InChI=1S/C35H26Cl2IN3O4S/c1-20-30(33(42)40-25-9-4-3-5-10-25)31(22-12-14-24(36)15-13-22)41-34(43)29(46-35(41)39-20)18-21-16-27(38)32(28(17-21)44-2)45-19-23-8-6-7-11-26(23)37/h3-18,31H,19H2,1-2H3,(H,40,42). The number of rotatable bonds is 8. The molecule has 1 atom stereocenters. The van der Waals surface area contributed by atoms with Crippen LogP contribution in [0.2, 0.25) is 10.0 Å². The Morgan fingerprint density at radius 1 is 1.04 bits per heavy atom. The molecule has 46 heavy (non-hydrogen) atoms. The number of thiazole rings is 1. The molecule has 1 aromatic heterocycles. The Hall–Kier alpha value is -3.90. The maximum absolute atomic E-state index is 14.1. The van der Waals surface area contributed by atoms with Gasteiger partial charge >= 0.3 is 0 Å². The zero-order chi connectivity index (χ0) is 32.4. The molecule has 1 N–H and O–H groups in total. The van der Waals surface area contributed by atoms with Gasteiger partial charge in [-0.1, -0.05) is 83.1 Å². The van der Waals surface area contributed by atoms with Crippen LogP contribution >= 0.6 is 57.1 Å². The smallest absolute Gasteiger partial charge is 0.271 e. The number of fused-ring (bicyclic) bond motifs is 1. The predicted octanol–water partition coefficient (Wildman–Crippen LogP) is 7.37. The summed E-state index contributed by atoms with van der Waals surface area (Å²) >= 11 is 16.0. The lowest BCUT2D eigenvalue weighted by Gasteiger charge is -2.25. The van der Waals surface area contributed by atoms with Crippen molar-refractivity contribution in [1.82, 2.24) is 4.57 Å². The molecule has 4 aromatic carbocycles. The van der Waals surface area contributed by atoms with Crippen LogP contribution in [0.5, 0.6) is 11.5 Å². The SMILES string of the molecule is COc1cc(C=c2sc3n(c2=O)C(c2ccc(Cl)cc2)C(C(=O)Nc2ccccc2)=C(C)N=3)cc(I)c1OCc1ccccc1Cl. The minimum atomic E-state index is -0.713. The first-order valence-electron chi connectivity index (χ1n) is 14.1. The third-order valence-corrected chi connectivity index (χ3v) is 9.77. The quantitative estimate of drug-likeness (QED) is 0.167. The summed E-state index contributed by atoms with van der Waals surface area (Å²) in [5.74, 6) is 0.759. The van der Waals surface area contributed by atoms with Crippen molar-refractivity contribution >= 4 is 74.8 Å². The fraction of sp³-hybridized carbons (Fsp3) is 0.114. The van der Waals surface area contributed by atoms with Crippen molar-refractivity contribution < 1.29 is 14.3 Å². The second kappa shape index (κ2) is 13.8. The summed E-state index contributed by atoms with van der Waals surface area (Å²) in [5, 5.41) is 4.13. The largest absolute Gasteiger partial charge is 0.493 e. The number of nitrogens with zero attached hydrogens (tertiary/aromatic N) is 2. The Kier molecular flexibility index (Phi) is 9.65. The van der Waals surface area contributed by atoms with Gasteiger partial charge in [-0.25, -0.2) is 4.99 Å². The number of carbonyl (C=O) groups excluding carboxylic acids is 1. The Bertz CT molecular complexity index is 2160. The fourth-order valence-electron chi connectivity index (χ4n) is 5.17. The summed E-state index contributed by atoms with van der Waals surface area (Å²) in [6.45, 7) is 2.06. The van der Waals surface area contributed by atoms with E-state index < -0.39 is 6.04 Å². The van der Waals surface area contributed by atoms with Gasteiger partial charge < -0.3 is 14.8 Å². The number of para-hydroxylation sites is 1. The van der Waals surface area contributed by atoms with Crippen molar-refractivity contribution in [3.05, 3.63) is 152 Å². The first kappa shape index (κ1) is 32.1. The first-order chi connectivity index (χ1) is 22.2. The second-order valence-corrected chi connectivity index (χ2v) is 13.4. The molecule has 7 nitrogen and oxygen atoms in total. The van der Waals surface area contributed by atoms with Crippen LogP contribution in [-0.4, -0.2) is 17.6 Å². The number of carbonyl (C=O) groups is 1. The van der Waals surface area contributed by atoms with Crippen molar-refractivity contribution in [1.29, 1.82) is 0 Å². The van der Waals surface area contributed by atoms with Gasteiger partial charge in [0.2, 0.25) is 0 Å². The molecule has 6 rings (SSSR count). The van der Waals surface area contributed by atoms with Gasteiger partial charge in [-0.05, 0) is 89.2 Å². The van der Waals surface area contributed by atoms with Gasteiger partial charge in [0.1, 0.15) is 6.61 Å². The highest BCUT2D eigenvalue weighted by Gasteiger charge is 2.32. The average Bonchev–Trinajstić information content (AvgIpc) is 3.34. The first-order valence-corrected chi connectivity index (χ1v) is 16.8. The molecule has 1 aliphatic rings. The lowest BCUT2D eigenvalue weighted by molar-refractivity contribution is -0.113. The van der Waals surface area contributed by atoms with E-state index in [0.717, 1.165) is 20.3 Å². The van der Waals surface area contributed by atoms with Gasteiger partial charge in [0, 0.05) is 21.3 Å². The molecule has 0 spiro atoms. The zero-order valence-corrected chi connectivity index (χ0v) is 29.1. The summed E-state index contributed by atoms with van der Waals surface area (Å²) < 4.78 is 14.6. The molecule has 2 heterocycles. The average molecular weight is 782 g/mol. The van der Waals surface area contributed by atoms with Crippen LogP contribution in [-0.2, 0) is 11.4 Å². The number of amides is 1. The number of hydrogen-bond acceptors (Lipinski definition) is 6. The van der Waals surface area contributed by atoms with Crippen LogP contribution in [0.25, 0.3) is 6.08 Å². The van der Waals surface area contributed by atoms with Crippen LogP contribution in [0.1, 0.15) is 29.7 Å². The summed E-state index contributed by atoms with van der Waals surface area (Å²) in [6.07, 6.45) is 1.80. The Morgan fingerprint density at radius 3 is 2.48 bits per heavy atom. The maximum Gasteiger partial charge on any atom is 0.271 e. The van der Waals surface area contributed by atoms with Gasteiger partial charge in [0.25, 0.3) is 11.5 Å². The number of hydrogen-bond donors (Lipinski definition) is 1. The van der Waals surface area contributed by atoms with Gasteiger partial charge in [-0.3, -0.25) is 14.2 Å². The van der Waals surface area contributed by atoms with E-state index >= 15 is 0 Å². The minimum Gasteiger partial charge on any atom is -0.493 e. The van der Waals surface area contributed by atoms with Crippen molar-refractivity contribution in [2.45, 2.75) is 19.6 Å². The zero-order valence-electron chi connectivity index (χ0n) is 24.6. The van der Waals surface area contributed by atoms with E-state index in [-0.39, 0.29) is 18.1 Å². The molecule has 0 radical (unpaired) electrons. The number of aromatic nitrogens is 1. The van der Waals surface area contributed by atoms with E-state index in [1.807, 2.05) is 78.9 Å². The molecule has 0 bridgehead atoms. The Morgan fingerprint density at radius 2 is 1.76 bits per heavy atom. The van der Waals surface area contributed by atoms with Crippen LogP contribution < -0.4 is 29.7 Å². The number of allylic oxidation sites excluding steroid dienone is 1. The number of methoxy groups -OCH3 is 1.